The average Bonchev–Trinajstić information content (AvgIpc) is 2.43. The number of rotatable bonds is 5. The Bertz CT molecular complexity index is 464. The van der Waals surface area contributed by atoms with Crippen LogP contribution in [0.5, 0.6) is 0 Å². The quantitative estimate of drug-likeness (QED) is 0.821. The summed E-state index contributed by atoms with van der Waals surface area (Å²) in [5, 5.41) is 3.40. The summed E-state index contributed by atoms with van der Waals surface area (Å²) in [6, 6.07) is 5.10. The van der Waals surface area contributed by atoms with Crippen molar-refractivity contribution in [3.05, 3.63) is 23.2 Å². The molecule has 1 fully saturated rings. The molecule has 1 saturated heterocycles. The maximum atomic E-state index is 11.9. The van der Waals surface area contributed by atoms with E-state index in [2.05, 4.69) is 10.2 Å². The molecule has 4 nitrogen and oxygen atoms in total. The Morgan fingerprint density at radius 2 is 2.15 bits per heavy atom. The van der Waals surface area contributed by atoms with Gasteiger partial charge in [0.15, 0.2) is 0 Å². The Hall–Kier alpha value is -0.910. The number of benzene rings is 1. The summed E-state index contributed by atoms with van der Waals surface area (Å²) in [6.45, 7) is 3.26. The molecule has 1 amide bonds. The number of hydrogen-bond acceptors (Lipinski definition) is 4. The van der Waals surface area contributed by atoms with Crippen LogP contribution in [0.2, 0.25) is 5.02 Å². The van der Waals surface area contributed by atoms with Crippen molar-refractivity contribution in [3.8, 4) is 0 Å². The molecular formula is C14H20ClN3OS. The van der Waals surface area contributed by atoms with Gasteiger partial charge in [0.25, 0.3) is 0 Å². The molecule has 110 valence electrons. The fraction of sp³-hybridized carbons (Fsp3) is 0.500. The number of thioether (sulfide) groups is 1. The van der Waals surface area contributed by atoms with Crippen molar-refractivity contribution < 1.29 is 4.79 Å². The van der Waals surface area contributed by atoms with E-state index in [9.17, 15) is 4.79 Å². The Labute approximate surface area is 129 Å². The lowest BCUT2D eigenvalue weighted by molar-refractivity contribution is -0.116. The number of amides is 1. The second kappa shape index (κ2) is 7.76. The molecule has 0 saturated carbocycles. The highest BCUT2D eigenvalue weighted by molar-refractivity contribution is 7.99. The smallest absolute Gasteiger partial charge is 0.224 e. The molecule has 0 bridgehead atoms. The van der Waals surface area contributed by atoms with Crippen molar-refractivity contribution in [2.75, 3.05) is 42.2 Å². The van der Waals surface area contributed by atoms with Crippen LogP contribution in [0.4, 0.5) is 11.4 Å². The minimum atomic E-state index is 0.00501. The maximum absolute atomic E-state index is 11.9. The summed E-state index contributed by atoms with van der Waals surface area (Å²) in [4.78, 5) is 14.3. The number of anilines is 2. The molecule has 1 aliphatic rings. The van der Waals surface area contributed by atoms with E-state index < -0.39 is 0 Å². The number of nitrogens with two attached hydrogens (primary N) is 1. The molecule has 6 heteroatoms. The number of hydrogen-bond donors (Lipinski definition) is 2. The van der Waals surface area contributed by atoms with Crippen molar-refractivity contribution >= 4 is 40.6 Å². The molecule has 1 aromatic carbocycles. The van der Waals surface area contributed by atoms with E-state index >= 15 is 0 Å². The van der Waals surface area contributed by atoms with Crippen LogP contribution in [-0.4, -0.2) is 41.9 Å². The van der Waals surface area contributed by atoms with Crippen LogP contribution in [0.25, 0.3) is 0 Å². The van der Waals surface area contributed by atoms with Gasteiger partial charge in [-0.1, -0.05) is 11.6 Å². The summed E-state index contributed by atoms with van der Waals surface area (Å²) in [5.74, 6) is 2.41. The molecule has 0 aliphatic carbocycles. The normalized spacial score (nSPS) is 16.1. The lowest BCUT2D eigenvalue weighted by atomic mass is 10.2. The summed E-state index contributed by atoms with van der Waals surface area (Å²) < 4.78 is 0. The highest BCUT2D eigenvalue weighted by atomic mass is 35.5. The van der Waals surface area contributed by atoms with Gasteiger partial charge < -0.3 is 16.0 Å². The van der Waals surface area contributed by atoms with Crippen molar-refractivity contribution in [3.63, 3.8) is 0 Å². The van der Waals surface area contributed by atoms with E-state index in [4.69, 9.17) is 17.3 Å². The first-order chi connectivity index (χ1) is 9.65. The Kier molecular flexibility index (Phi) is 6.01. The van der Waals surface area contributed by atoms with Gasteiger partial charge in [-0.3, -0.25) is 4.79 Å². The predicted octanol–water partition coefficient (Wildman–Crippen LogP) is 2.69. The summed E-state index contributed by atoms with van der Waals surface area (Å²) in [6.07, 6.45) is 1.40. The third-order valence-corrected chi connectivity index (χ3v) is 4.45. The van der Waals surface area contributed by atoms with Crippen LogP contribution < -0.4 is 11.1 Å². The molecule has 3 N–H and O–H groups in total. The second-order valence-electron chi connectivity index (χ2n) is 4.84. The van der Waals surface area contributed by atoms with E-state index in [0.29, 0.717) is 22.8 Å². The van der Waals surface area contributed by atoms with Crippen LogP contribution in [0.3, 0.4) is 0 Å². The van der Waals surface area contributed by atoms with E-state index in [1.165, 1.54) is 11.5 Å². The largest absolute Gasteiger partial charge is 0.397 e. The van der Waals surface area contributed by atoms with E-state index in [-0.39, 0.29) is 5.91 Å². The monoisotopic (exact) mass is 313 g/mol. The van der Waals surface area contributed by atoms with E-state index in [1.54, 1.807) is 18.2 Å². The van der Waals surface area contributed by atoms with Gasteiger partial charge in [-0.05, 0) is 31.2 Å². The number of halogens is 1. The summed E-state index contributed by atoms with van der Waals surface area (Å²) >= 11 is 7.82. The molecular weight excluding hydrogens is 294 g/mol. The molecule has 20 heavy (non-hydrogen) atoms. The highest BCUT2D eigenvalue weighted by Gasteiger charge is 2.11. The van der Waals surface area contributed by atoms with Crippen molar-refractivity contribution in [2.24, 2.45) is 0 Å². The van der Waals surface area contributed by atoms with Gasteiger partial charge in [0.2, 0.25) is 5.91 Å². The van der Waals surface area contributed by atoms with Gasteiger partial charge in [-0.15, -0.1) is 0 Å². The fourth-order valence-corrected chi connectivity index (χ4v) is 3.31. The Morgan fingerprint density at radius 3 is 2.85 bits per heavy atom. The number of nitrogen functional groups attached to an aromatic ring is 1. The standard InChI is InChI=1S/C14H20ClN3OS/c15-11-3-4-13(12(16)10-11)17-14(19)2-1-5-18-6-8-20-9-7-18/h3-4,10H,1-2,5-9,16H2,(H,17,19). The number of nitrogens with one attached hydrogen (secondary N) is 1. The van der Waals surface area contributed by atoms with Crippen LogP contribution in [0, 0.1) is 0 Å². The number of carbonyl (C=O) groups is 1. The first-order valence-electron chi connectivity index (χ1n) is 6.80. The lowest BCUT2D eigenvalue weighted by Crippen LogP contribution is -2.33. The van der Waals surface area contributed by atoms with Crippen molar-refractivity contribution in [1.29, 1.82) is 0 Å². The summed E-state index contributed by atoms with van der Waals surface area (Å²) in [5.41, 5.74) is 6.94. The third-order valence-electron chi connectivity index (χ3n) is 3.27. The molecule has 0 spiro atoms. The second-order valence-corrected chi connectivity index (χ2v) is 6.50. The van der Waals surface area contributed by atoms with Gasteiger partial charge >= 0.3 is 0 Å². The molecule has 1 heterocycles. The minimum Gasteiger partial charge on any atom is -0.397 e. The van der Waals surface area contributed by atoms with Gasteiger partial charge in [-0.25, -0.2) is 0 Å². The van der Waals surface area contributed by atoms with Crippen molar-refractivity contribution in [1.82, 2.24) is 4.90 Å². The zero-order valence-corrected chi connectivity index (χ0v) is 13.0. The van der Waals surface area contributed by atoms with Gasteiger partial charge in [0.05, 0.1) is 11.4 Å². The molecule has 0 radical (unpaired) electrons. The Balaban J connectivity index is 1.72. The topological polar surface area (TPSA) is 58.4 Å². The van der Waals surface area contributed by atoms with Crippen molar-refractivity contribution in [2.45, 2.75) is 12.8 Å². The summed E-state index contributed by atoms with van der Waals surface area (Å²) in [7, 11) is 0. The van der Waals surface area contributed by atoms with Gasteiger partial charge in [-0.2, -0.15) is 11.8 Å². The molecule has 0 aromatic heterocycles. The number of carbonyl (C=O) groups excluding carboxylic acids is 1. The van der Waals surface area contributed by atoms with Crippen LogP contribution >= 0.6 is 23.4 Å². The third kappa shape index (κ3) is 4.89. The van der Waals surface area contributed by atoms with E-state index in [0.717, 1.165) is 26.1 Å². The molecule has 1 aliphatic heterocycles. The first kappa shape index (κ1) is 15.5. The molecule has 2 rings (SSSR count). The first-order valence-corrected chi connectivity index (χ1v) is 8.33. The highest BCUT2D eigenvalue weighted by Crippen LogP contribution is 2.22. The minimum absolute atomic E-state index is 0.00501. The molecule has 0 atom stereocenters. The van der Waals surface area contributed by atoms with E-state index in [1.807, 2.05) is 11.8 Å². The fourth-order valence-electron chi connectivity index (χ4n) is 2.15. The molecule has 0 unspecified atom stereocenters. The predicted molar refractivity (Wildman–Crippen MR) is 87.5 cm³/mol. The number of nitrogens with zero attached hydrogens (tertiary/aromatic N) is 1. The van der Waals surface area contributed by atoms with Crippen LogP contribution in [0.15, 0.2) is 18.2 Å². The molecule has 1 aromatic rings. The Morgan fingerprint density at radius 1 is 1.40 bits per heavy atom. The van der Waals surface area contributed by atoms with Crippen LogP contribution in [-0.2, 0) is 4.79 Å². The SMILES string of the molecule is Nc1cc(Cl)ccc1NC(=O)CCCN1CCSCC1. The zero-order valence-electron chi connectivity index (χ0n) is 11.4. The maximum Gasteiger partial charge on any atom is 0.224 e. The van der Waals surface area contributed by atoms with Gasteiger partial charge in [0, 0.05) is 36.0 Å². The van der Waals surface area contributed by atoms with Crippen LogP contribution in [0.1, 0.15) is 12.8 Å². The average molecular weight is 314 g/mol. The zero-order chi connectivity index (χ0) is 14.4. The lowest BCUT2D eigenvalue weighted by Gasteiger charge is -2.25. The van der Waals surface area contributed by atoms with Gasteiger partial charge in [0.1, 0.15) is 0 Å².